The second-order valence-electron chi connectivity index (χ2n) is 3.38. The Kier molecular flexibility index (Phi) is 3.12. The number of aromatic hydroxyl groups is 2. The molecule has 0 amide bonds. The molecule has 0 aliphatic heterocycles. The summed E-state index contributed by atoms with van der Waals surface area (Å²) in [6.45, 7) is 3.77. The van der Waals surface area contributed by atoms with Crippen molar-refractivity contribution in [2.45, 2.75) is 20.3 Å². The number of phenols is 2. The quantitative estimate of drug-likeness (QED) is 0.573. The van der Waals surface area contributed by atoms with Gasteiger partial charge >= 0.3 is 0 Å². The molecule has 0 aliphatic rings. The third-order valence-corrected chi connectivity index (χ3v) is 2.32. The van der Waals surface area contributed by atoms with Crippen molar-refractivity contribution >= 4 is 5.78 Å². The minimum Gasteiger partial charge on any atom is -0.504 e. The molecule has 1 aromatic rings. The molecule has 0 fully saturated rings. The lowest BCUT2D eigenvalue weighted by atomic mass is 9.97. The molecule has 0 saturated carbocycles. The number of benzene rings is 1. The summed E-state index contributed by atoms with van der Waals surface area (Å²) in [6, 6.07) is 4.14. The Bertz CT molecular complexity index is 344. The molecule has 2 N–H and O–H groups in total. The number of hydrogen-bond donors (Lipinski definition) is 2. The van der Waals surface area contributed by atoms with Crippen LogP contribution in [0.25, 0.3) is 0 Å². The standard InChI is InChI=1S/C11H14O3/c1-3-7(2)11(14)8-4-5-9(12)10(13)6-8/h4-7,12-13H,3H2,1-2H3/t7-/m0/s1. The molecule has 1 aromatic carbocycles. The third-order valence-electron chi connectivity index (χ3n) is 2.32. The molecule has 0 saturated heterocycles. The lowest BCUT2D eigenvalue weighted by molar-refractivity contribution is 0.0927. The highest BCUT2D eigenvalue weighted by molar-refractivity contribution is 5.98. The molecule has 0 heterocycles. The number of carbonyl (C=O) groups is 1. The molecule has 0 aliphatic carbocycles. The van der Waals surface area contributed by atoms with E-state index in [1.54, 1.807) is 0 Å². The van der Waals surface area contributed by atoms with Crippen molar-refractivity contribution < 1.29 is 15.0 Å². The molecule has 14 heavy (non-hydrogen) atoms. The Balaban J connectivity index is 2.97. The summed E-state index contributed by atoms with van der Waals surface area (Å²) in [5.41, 5.74) is 0.439. The van der Waals surface area contributed by atoms with Gasteiger partial charge in [-0.1, -0.05) is 13.8 Å². The lowest BCUT2D eigenvalue weighted by Gasteiger charge is -2.07. The first-order chi connectivity index (χ1) is 6.56. The van der Waals surface area contributed by atoms with E-state index in [2.05, 4.69) is 0 Å². The first kappa shape index (κ1) is 10.6. The summed E-state index contributed by atoms with van der Waals surface area (Å²) in [7, 11) is 0. The number of Topliss-reactive ketones (excluding diaryl/α,β-unsaturated/α-hetero) is 1. The first-order valence-corrected chi connectivity index (χ1v) is 4.62. The molecule has 76 valence electrons. The summed E-state index contributed by atoms with van der Waals surface area (Å²) in [5, 5.41) is 18.3. The fraction of sp³-hybridized carbons (Fsp3) is 0.364. The van der Waals surface area contributed by atoms with E-state index in [0.717, 1.165) is 6.42 Å². The van der Waals surface area contributed by atoms with Gasteiger partial charge in [0.15, 0.2) is 17.3 Å². The van der Waals surface area contributed by atoms with Crippen LogP contribution in [-0.4, -0.2) is 16.0 Å². The zero-order valence-corrected chi connectivity index (χ0v) is 8.32. The second-order valence-corrected chi connectivity index (χ2v) is 3.38. The number of ketones is 1. The van der Waals surface area contributed by atoms with Crippen molar-refractivity contribution in [3.63, 3.8) is 0 Å². The zero-order valence-electron chi connectivity index (χ0n) is 8.32. The van der Waals surface area contributed by atoms with E-state index in [1.807, 2.05) is 13.8 Å². The maximum atomic E-state index is 11.6. The Hall–Kier alpha value is -1.51. The molecular weight excluding hydrogens is 180 g/mol. The van der Waals surface area contributed by atoms with Crippen LogP contribution >= 0.6 is 0 Å². The van der Waals surface area contributed by atoms with Crippen LogP contribution in [0.4, 0.5) is 0 Å². The van der Waals surface area contributed by atoms with Crippen molar-refractivity contribution in [3.05, 3.63) is 23.8 Å². The maximum Gasteiger partial charge on any atom is 0.165 e. The predicted molar refractivity (Wildman–Crippen MR) is 53.6 cm³/mol. The summed E-state index contributed by atoms with van der Waals surface area (Å²) >= 11 is 0. The fourth-order valence-electron chi connectivity index (χ4n) is 1.15. The van der Waals surface area contributed by atoms with E-state index in [-0.39, 0.29) is 23.2 Å². The largest absolute Gasteiger partial charge is 0.504 e. The van der Waals surface area contributed by atoms with Crippen LogP contribution < -0.4 is 0 Å². The smallest absolute Gasteiger partial charge is 0.165 e. The van der Waals surface area contributed by atoms with Crippen LogP contribution in [0.1, 0.15) is 30.6 Å². The highest BCUT2D eigenvalue weighted by atomic mass is 16.3. The van der Waals surface area contributed by atoms with Crippen molar-refractivity contribution in [1.82, 2.24) is 0 Å². The third kappa shape index (κ3) is 2.05. The summed E-state index contributed by atoms with van der Waals surface area (Å²) in [5.74, 6) is -0.522. The van der Waals surface area contributed by atoms with Gasteiger partial charge in [-0.2, -0.15) is 0 Å². The monoisotopic (exact) mass is 194 g/mol. The predicted octanol–water partition coefficient (Wildman–Crippen LogP) is 2.33. The molecule has 3 nitrogen and oxygen atoms in total. The Morgan fingerprint density at radius 1 is 1.36 bits per heavy atom. The lowest BCUT2D eigenvalue weighted by Crippen LogP contribution is -2.09. The molecule has 0 spiro atoms. The van der Waals surface area contributed by atoms with Crippen molar-refractivity contribution in [2.75, 3.05) is 0 Å². The van der Waals surface area contributed by atoms with Gasteiger partial charge in [-0.15, -0.1) is 0 Å². The van der Waals surface area contributed by atoms with Crippen LogP contribution in [0, 0.1) is 5.92 Å². The summed E-state index contributed by atoms with van der Waals surface area (Å²) in [4.78, 5) is 11.6. The van der Waals surface area contributed by atoms with E-state index >= 15 is 0 Å². The SMILES string of the molecule is CC[C@H](C)C(=O)c1ccc(O)c(O)c1. The van der Waals surface area contributed by atoms with Crippen LogP contribution in [0.5, 0.6) is 11.5 Å². The number of hydrogen-bond acceptors (Lipinski definition) is 3. The van der Waals surface area contributed by atoms with E-state index in [1.165, 1.54) is 18.2 Å². The fourth-order valence-corrected chi connectivity index (χ4v) is 1.15. The number of phenolic OH excluding ortho intramolecular Hbond substituents is 2. The van der Waals surface area contributed by atoms with E-state index < -0.39 is 0 Å². The van der Waals surface area contributed by atoms with E-state index in [0.29, 0.717) is 5.56 Å². The number of carbonyl (C=O) groups excluding carboxylic acids is 1. The van der Waals surface area contributed by atoms with Gasteiger partial charge in [0.1, 0.15) is 0 Å². The van der Waals surface area contributed by atoms with Crippen molar-refractivity contribution in [1.29, 1.82) is 0 Å². The van der Waals surface area contributed by atoms with Crippen LogP contribution in [0.15, 0.2) is 18.2 Å². The first-order valence-electron chi connectivity index (χ1n) is 4.62. The Morgan fingerprint density at radius 2 is 2.00 bits per heavy atom. The Morgan fingerprint density at radius 3 is 2.50 bits per heavy atom. The molecule has 0 radical (unpaired) electrons. The van der Waals surface area contributed by atoms with E-state index in [9.17, 15) is 9.90 Å². The Labute approximate surface area is 83.0 Å². The molecule has 0 aromatic heterocycles. The molecular formula is C11H14O3. The molecule has 0 unspecified atom stereocenters. The van der Waals surface area contributed by atoms with Gasteiger partial charge in [0.05, 0.1) is 0 Å². The molecule has 1 rings (SSSR count). The average molecular weight is 194 g/mol. The van der Waals surface area contributed by atoms with Gasteiger partial charge in [-0.05, 0) is 24.6 Å². The van der Waals surface area contributed by atoms with Gasteiger partial charge in [0, 0.05) is 11.5 Å². The van der Waals surface area contributed by atoms with Crippen molar-refractivity contribution in [2.24, 2.45) is 5.92 Å². The molecule has 0 bridgehead atoms. The van der Waals surface area contributed by atoms with Gasteiger partial charge in [0.25, 0.3) is 0 Å². The minimum atomic E-state index is -0.251. The molecule has 3 heteroatoms. The second kappa shape index (κ2) is 4.13. The van der Waals surface area contributed by atoms with Crippen LogP contribution in [-0.2, 0) is 0 Å². The summed E-state index contributed by atoms with van der Waals surface area (Å²) in [6.07, 6.45) is 0.764. The highest BCUT2D eigenvalue weighted by Crippen LogP contribution is 2.26. The normalized spacial score (nSPS) is 12.4. The maximum absolute atomic E-state index is 11.6. The van der Waals surface area contributed by atoms with Crippen molar-refractivity contribution in [3.8, 4) is 11.5 Å². The van der Waals surface area contributed by atoms with Gasteiger partial charge in [0.2, 0.25) is 0 Å². The van der Waals surface area contributed by atoms with Crippen LogP contribution in [0.2, 0.25) is 0 Å². The minimum absolute atomic E-state index is 0.0113. The average Bonchev–Trinajstić information content (AvgIpc) is 2.20. The highest BCUT2D eigenvalue weighted by Gasteiger charge is 2.14. The zero-order chi connectivity index (χ0) is 10.7. The summed E-state index contributed by atoms with van der Waals surface area (Å²) < 4.78 is 0. The van der Waals surface area contributed by atoms with Crippen LogP contribution in [0.3, 0.4) is 0 Å². The van der Waals surface area contributed by atoms with Gasteiger partial charge in [-0.3, -0.25) is 4.79 Å². The van der Waals surface area contributed by atoms with E-state index in [4.69, 9.17) is 5.11 Å². The van der Waals surface area contributed by atoms with Gasteiger partial charge in [-0.25, -0.2) is 0 Å². The van der Waals surface area contributed by atoms with Gasteiger partial charge < -0.3 is 10.2 Å². The molecule has 1 atom stereocenters. The number of rotatable bonds is 3. The topological polar surface area (TPSA) is 57.5 Å².